The minimum atomic E-state index is -4.46. The fourth-order valence-corrected chi connectivity index (χ4v) is 3.13. The van der Waals surface area contributed by atoms with Crippen molar-refractivity contribution in [3.8, 4) is 0 Å². The third kappa shape index (κ3) is 2.87. The van der Waals surface area contributed by atoms with Crippen molar-refractivity contribution in [3.05, 3.63) is 58.1 Å². The highest BCUT2D eigenvalue weighted by atomic mass is 35.5. The summed E-state index contributed by atoms with van der Waals surface area (Å²) in [7, 11) is -4.46. The Bertz CT molecular complexity index is 746. The Morgan fingerprint density at radius 2 is 1.50 bits per heavy atom. The van der Waals surface area contributed by atoms with E-state index in [9.17, 15) is 17.2 Å². The summed E-state index contributed by atoms with van der Waals surface area (Å²) in [5.74, 6) is -2.40. The molecule has 1 N–H and O–H groups in total. The number of halogens is 4. The smallest absolute Gasteiger partial charge is 0.267 e. The van der Waals surface area contributed by atoms with Crippen LogP contribution in [-0.4, -0.2) is 8.42 Å². The number of nitrogens with one attached hydrogen (secondary N) is 1. The van der Waals surface area contributed by atoms with Crippen LogP contribution in [0.15, 0.2) is 41.3 Å². The first-order valence-electron chi connectivity index (χ1n) is 5.24. The van der Waals surface area contributed by atoms with Crippen LogP contribution >= 0.6 is 23.2 Å². The Labute approximate surface area is 124 Å². The summed E-state index contributed by atoms with van der Waals surface area (Å²) in [6.07, 6.45) is 0. The maximum absolute atomic E-state index is 13.5. The molecule has 0 heterocycles. The van der Waals surface area contributed by atoms with Crippen molar-refractivity contribution >= 4 is 38.9 Å². The van der Waals surface area contributed by atoms with Gasteiger partial charge in [-0.3, -0.25) is 4.72 Å². The molecule has 8 heteroatoms. The zero-order chi connectivity index (χ0) is 14.9. The van der Waals surface area contributed by atoms with Gasteiger partial charge in [0.2, 0.25) is 0 Å². The molecule has 0 aliphatic carbocycles. The standard InChI is InChI=1S/C12H7Cl2F2NO2S/c13-7-3-1-6-10(11(7)14)17-20(18,19)12-8(15)4-2-5-9(12)16/h1-6,17H. The van der Waals surface area contributed by atoms with Crippen molar-refractivity contribution in [3.63, 3.8) is 0 Å². The molecule has 2 aromatic rings. The number of benzene rings is 2. The quantitative estimate of drug-likeness (QED) is 0.917. The second-order valence-corrected chi connectivity index (χ2v) is 6.16. The van der Waals surface area contributed by atoms with Gasteiger partial charge in [0.15, 0.2) is 4.90 Å². The largest absolute Gasteiger partial charge is 0.278 e. The lowest BCUT2D eigenvalue weighted by atomic mass is 10.3. The lowest BCUT2D eigenvalue weighted by Gasteiger charge is -2.11. The van der Waals surface area contributed by atoms with Crippen LogP contribution in [0.2, 0.25) is 10.0 Å². The maximum Gasteiger partial charge on any atom is 0.267 e. The first kappa shape index (κ1) is 15.0. The predicted molar refractivity (Wildman–Crippen MR) is 73.6 cm³/mol. The third-order valence-corrected chi connectivity index (χ3v) is 4.62. The monoisotopic (exact) mass is 337 g/mol. The molecule has 2 aromatic carbocycles. The Kier molecular flexibility index (Phi) is 4.17. The second kappa shape index (κ2) is 5.55. The average Bonchev–Trinajstić information content (AvgIpc) is 2.34. The highest BCUT2D eigenvalue weighted by Crippen LogP contribution is 2.31. The molecule has 0 aliphatic heterocycles. The van der Waals surface area contributed by atoms with Crippen molar-refractivity contribution in [1.29, 1.82) is 0 Å². The SMILES string of the molecule is O=S(=O)(Nc1cccc(Cl)c1Cl)c1c(F)cccc1F. The van der Waals surface area contributed by atoms with E-state index in [-0.39, 0.29) is 15.7 Å². The Hall–Kier alpha value is -1.37. The van der Waals surface area contributed by atoms with Gasteiger partial charge in [-0.15, -0.1) is 0 Å². The Balaban J connectivity index is 2.50. The molecule has 0 aliphatic rings. The minimum absolute atomic E-state index is 0.0607. The van der Waals surface area contributed by atoms with Gasteiger partial charge in [-0.25, -0.2) is 17.2 Å². The van der Waals surface area contributed by atoms with Crippen LogP contribution in [0.3, 0.4) is 0 Å². The predicted octanol–water partition coefficient (Wildman–Crippen LogP) is 4.07. The summed E-state index contributed by atoms with van der Waals surface area (Å²) < 4.78 is 53.0. The summed E-state index contributed by atoms with van der Waals surface area (Å²) >= 11 is 11.6. The van der Waals surface area contributed by atoms with E-state index in [1.165, 1.54) is 18.2 Å². The molecular weight excluding hydrogens is 331 g/mol. The molecule has 0 aromatic heterocycles. The van der Waals surface area contributed by atoms with E-state index >= 15 is 0 Å². The fourth-order valence-electron chi connectivity index (χ4n) is 1.52. The zero-order valence-corrected chi connectivity index (χ0v) is 12.0. The van der Waals surface area contributed by atoms with Crippen molar-refractivity contribution in [2.45, 2.75) is 4.90 Å². The van der Waals surface area contributed by atoms with Crippen LogP contribution < -0.4 is 4.72 Å². The maximum atomic E-state index is 13.5. The van der Waals surface area contributed by atoms with Crippen molar-refractivity contribution in [2.75, 3.05) is 4.72 Å². The van der Waals surface area contributed by atoms with Crippen LogP contribution in [0, 0.1) is 11.6 Å². The Morgan fingerprint density at radius 1 is 0.950 bits per heavy atom. The average molecular weight is 338 g/mol. The van der Waals surface area contributed by atoms with Crippen LogP contribution in [0.1, 0.15) is 0 Å². The van der Waals surface area contributed by atoms with Gasteiger partial charge in [0, 0.05) is 0 Å². The van der Waals surface area contributed by atoms with E-state index in [1.54, 1.807) is 0 Å². The van der Waals surface area contributed by atoms with E-state index in [4.69, 9.17) is 23.2 Å². The lowest BCUT2D eigenvalue weighted by Crippen LogP contribution is -2.16. The van der Waals surface area contributed by atoms with E-state index in [0.29, 0.717) is 0 Å². The van der Waals surface area contributed by atoms with Crippen LogP contribution in [0.5, 0.6) is 0 Å². The number of rotatable bonds is 3. The van der Waals surface area contributed by atoms with Crippen molar-refractivity contribution < 1.29 is 17.2 Å². The first-order valence-corrected chi connectivity index (χ1v) is 7.47. The zero-order valence-electron chi connectivity index (χ0n) is 9.70. The molecule has 0 unspecified atom stereocenters. The van der Waals surface area contributed by atoms with E-state index in [1.807, 2.05) is 4.72 Å². The first-order chi connectivity index (χ1) is 9.33. The molecule has 0 spiro atoms. The van der Waals surface area contributed by atoms with Gasteiger partial charge in [-0.2, -0.15) is 0 Å². The molecule has 0 saturated carbocycles. The molecule has 0 bridgehead atoms. The molecule has 0 radical (unpaired) electrons. The van der Waals surface area contributed by atoms with Crippen LogP contribution in [-0.2, 0) is 10.0 Å². The summed E-state index contributed by atoms with van der Waals surface area (Å²) in [5, 5.41) is 0.0513. The number of anilines is 1. The van der Waals surface area contributed by atoms with Gasteiger partial charge >= 0.3 is 0 Å². The fraction of sp³-hybridized carbons (Fsp3) is 0. The van der Waals surface area contributed by atoms with Gasteiger partial charge in [-0.1, -0.05) is 35.3 Å². The van der Waals surface area contributed by atoms with Crippen molar-refractivity contribution in [1.82, 2.24) is 0 Å². The number of hydrogen-bond acceptors (Lipinski definition) is 2. The van der Waals surface area contributed by atoms with E-state index in [0.717, 1.165) is 18.2 Å². The minimum Gasteiger partial charge on any atom is -0.278 e. The molecule has 20 heavy (non-hydrogen) atoms. The lowest BCUT2D eigenvalue weighted by molar-refractivity contribution is 0.521. The summed E-state index contributed by atoms with van der Waals surface area (Å²) in [6, 6.07) is 6.98. The Morgan fingerprint density at radius 3 is 2.10 bits per heavy atom. The summed E-state index contributed by atoms with van der Waals surface area (Å²) in [6.45, 7) is 0. The second-order valence-electron chi connectivity index (χ2n) is 3.76. The topological polar surface area (TPSA) is 46.2 Å². The van der Waals surface area contributed by atoms with Gasteiger partial charge in [0.1, 0.15) is 11.6 Å². The van der Waals surface area contributed by atoms with Crippen LogP contribution in [0.25, 0.3) is 0 Å². The summed E-state index contributed by atoms with van der Waals surface area (Å²) in [5.41, 5.74) is -0.0678. The van der Waals surface area contributed by atoms with E-state index < -0.39 is 26.6 Å². The highest BCUT2D eigenvalue weighted by molar-refractivity contribution is 7.92. The van der Waals surface area contributed by atoms with Gasteiger partial charge in [0.05, 0.1) is 15.7 Å². The molecular formula is C12H7Cl2F2NO2S. The number of hydrogen-bond donors (Lipinski definition) is 1. The van der Waals surface area contributed by atoms with Crippen molar-refractivity contribution in [2.24, 2.45) is 0 Å². The van der Waals surface area contributed by atoms with Gasteiger partial charge in [0.25, 0.3) is 10.0 Å². The van der Waals surface area contributed by atoms with Gasteiger partial charge < -0.3 is 0 Å². The molecule has 106 valence electrons. The molecule has 2 rings (SSSR count). The molecule has 0 amide bonds. The third-order valence-electron chi connectivity index (χ3n) is 2.38. The molecule has 0 saturated heterocycles. The van der Waals surface area contributed by atoms with Crippen LogP contribution in [0.4, 0.5) is 14.5 Å². The molecule has 3 nitrogen and oxygen atoms in total. The van der Waals surface area contributed by atoms with E-state index in [2.05, 4.69) is 0 Å². The molecule has 0 fully saturated rings. The highest BCUT2D eigenvalue weighted by Gasteiger charge is 2.24. The molecule has 0 atom stereocenters. The summed E-state index contributed by atoms with van der Waals surface area (Å²) in [4.78, 5) is -1.07. The number of sulfonamides is 1. The van der Waals surface area contributed by atoms with Gasteiger partial charge in [-0.05, 0) is 24.3 Å². The normalized spacial score (nSPS) is 11.4.